The van der Waals surface area contributed by atoms with Crippen molar-refractivity contribution in [2.45, 2.75) is 13.3 Å². The molecule has 0 atom stereocenters. The number of nitrogens with one attached hydrogen (secondary N) is 2. The summed E-state index contributed by atoms with van der Waals surface area (Å²) in [5, 5.41) is 5.50. The van der Waals surface area contributed by atoms with Crippen LogP contribution in [0.25, 0.3) is 0 Å². The number of hydrogen-bond acceptors (Lipinski definition) is 2. The summed E-state index contributed by atoms with van der Waals surface area (Å²) in [5.41, 5.74) is 2.35. The maximum atomic E-state index is 11.9. The van der Waals surface area contributed by atoms with Gasteiger partial charge in [0.05, 0.1) is 6.42 Å². The summed E-state index contributed by atoms with van der Waals surface area (Å²) >= 11 is 3.36. The SMILES string of the molecule is CC(=O)Nc1ccc(NC(=O)Cc2ccc(Br)cc2)cc1. The second-order valence-electron chi connectivity index (χ2n) is 4.61. The molecule has 0 saturated heterocycles. The molecule has 2 rings (SSSR count). The summed E-state index contributed by atoms with van der Waals surface area (Å²) in [7, 11) is 0. The van der Waals surface area contributed by atoms with Gasteiger partial charge >= 0.3 is 0 Å². The lowest BCUT2D eigenvalue weighted by molar-refractivity contribution is -0.116. The van der Waals surface area contributed by atoms with Crippen LogP contribution in [0.4, 0.5) is 11.4 Å². The first kappa shape index (κ1) is 15.3. The largest absolute Gasteiger partial charge is 0.326 e. The maximum Gasteiger partial charge on any atom is 0.228 e. The van der Waals surface area contributed by atoms with Crippen molar-refractivity contribution < 1.29 is 9.59 Å². The molecule has 0 fully saturated rings. The third kappa shape index (κ3) is 5.04. The van der Waals surface area contributed by atoms with Gasteiger partial charge < -0.3 is 10.6 Å². The van der Waals surface area contributed by atoms with Crippen molar-refractivity contribution >= 4 is 39.1 Å². The first-order valence-corrected chi connectivity index (χ1v) is 7.24. The van der Waals surface area contributed by atoms with E-state index in [2.05, 4.69) is 26.6 Å². The molecule has 0 spiro atoms. The summed E-state index contributed by atoms with van der Waals surface area (Å²) in [6, 6.07) is 14.6. The van der Waals surface area contributed by atoms with Crippen LogP contribution in [0.2, 0.25) is 0 Å². The van der Waals surface area contributed by atoms with Crippen LogP contribution < -0.4 is 10.6 Å². The summed E-state index contributed by atoms with van der Waals surface area (Å²) in [4.78, 5) is 22.9. The van der Waals surface area contributed by atoms with E-state index in [4.69, 9.17) is 0 Å². The van der Waals surface area contributed by atoms with Gasteiger partial charge in [-0.05, 0) is 42.0 Å². The van der Waals surface area contributed by atoms with Gasteiger partial charge in [-0.1, -0.05) is 28.1 Å². The van der Waals surface area contributed by atoms with E-state index in [-0.39, 0.29) is 11.8 Å². The van der Waals surface area contributed by atoms with E-state index in [9.17, 15) is 9.59 Å². The summed E-state index contributed by atoms with van der Waals surface area (Å²) in [5.74, 6) is -0.202. The highest BCUT2D eigenvalue weighted by molar-refractivity contribution is 9.10. The molecule has 108 valence electrons. The third-order valence-electron chi connectivity index (χ3n) is 2.77. The summed E-state index contributed by atoms with van der Waals surface area (Å²) < 4.78 is 0.986. The maximum absolute atomic E-state index is 11.9. The number of amides is 2. The van der Waals surface area contributed by atoms with Crippen molar-refractivity contribution in [3.05, 3.63) is 58.6 Å². The van der Waals surface area contributed by atoms with Gasteiger partial charge in [0.15, 0.2) is 0 Å². The van der Waals surface area contributed by atoms with Gasteiger partial charge in [0.2, 0.25) is 11.8 Å². The molecule has 2 aromatic carbocycles. The molecule has 0 saturated carbocycles. The van der Waals surface area contributed by atoms with E-state index >= 15 is 0 Å². The predicted molar refractivity (Wildman–Crippen MR) is 87.2 cm³/mol. The van der Waals surface area contributed by atoms with E-state index < -0.39 is 0 Å². The Hall–Kier alpha value is -2.14. The van der Waals surface area contributed by atoms with Crippen LogP contribution in [-0.4, -0.2) is 11.8 Å². The lowest BCUT2D eigenvalue weighted by atomic mass is 10.1. The smallest absolute Gasteiger partial charge is 0.228 e. The Morgan fingerprint density at radius 3 is 1.95 bits per heavy atom. The van der Waals surface area contributed by atoms with Crippen molar-refractivity contribution in [2.75, 3.05) is 10.6 Å². The summed E-state index contributed by atoms with van der Waals surface area (Å²) in [6.45, 7) is 1.45. The molecule has 0 aromatic heterocycles. The van der Waals surface area contributed by atoms with E-state index in [1.54, 1.807) is 24.3 Å². The van der Waals surface area contributed by atoms with Gasteiger partial charge in [-0.25, -0.2) is 0 Å². The lowest BCUT2D eigenvalue weighted by Crippen LogP contribution is -2.14. The molecule has 2 N–H and O–H groups in total. The highest BCUT2D eigenvalue weighted by Gasteiger charge is 2.04. The molecule has 2 amide bonds. The lowest BCUT2D eigenvalue weighted by Gasteiger charge is -2.07. The number of carbonyl (C=O) groups is 2. The minimum absolute atomic E-state index is 0.0791. The minimum atomic E-state index is -0.123. The number of rotatable bonds is 4. The molecule has 0 aliphatic carbocycles. The van der Waals surface area contributed by atoms with Gasteiger partial charge in [0.25, 0.3) is 0 Å². The highest BCUT2D eigenvalue weighted by Crippen LogP contribution is 2.15. The van der Waals surface area contributed by atoms with Crippen LogP contribution in [0, 0.1) is 0 Å². The number of hydrogen-bond donors (Lipinski definition) is 2. The fourth-order valence-corrected chi connectivity index (χ4v) is 2.10. The Morgan fingerprint density at radius 2 is 1.43 bits per heavy atom. The Labute approximate surface area is 131 Å². The van der Waals surface area contributed by atoms with Crippen LogP contribution >= 0.6 is 15.9 Å². The van der Waals surface area contributed by atoms with Crippen LogP contribution in [-0.2, 0) is 16.0 Å². The molecule has 21 heavy (non-hydrogen) atoms. The average Bonchev–Trinajstić information content (AvgIpc) is 2.43. The molecular formula is C16H15BrN2O2. The molecule has 0 heterocycles. The zero-order chi connectivity index (χ0) is 15.2. The average molecular weight is 347 g/mol. The van der Waals surface area contributed by atoms with Gasteiger partial charge in [-0.3, -0.25) is 9.59 Å². The highest BCUT2D eigenvalue weighted by atomic mass is 79.9. The monoisotopic (exact) mass is 346 g/mol. The first-order valence-electron chi connectivity index (χ1n) is 6.45. The number of halogens is 1. The molecule has 0 bridgehead atoms. The van der Waals surface area contributed by atoms with E-state index in [0.717, 1.165) is 10.0 Å². The van der Waals surface area contributed by atoms with Gasteiger partial charge in [0.1, 0.15) is 0 Å². The van der Waals surface area contributed by atoms with Gasteiger partial charge in [0, 0.05) is 22.8 Å². The topological polar surface area (TPSA) is 58.2 Å². The van der Waals surface area contributed by atoms with E-state index in [0.29, 0.717) is 17.8 Å². The van der Waals surface area contributed by atoms with Crippen molar-refractivity contribution in [3.63, 3.8) is 0 Å². The Kier molecular flexibility index (Phi) is 5.11. The zero-order valence-corrected chi connectivity index (χ0v) is 13.1. The quantitative estimate of drug-likeness (QED) is 0.888. The molecule has 4 nitrogen and oxygen atoms in total. The zero-order valence-electron chi connectivity index (χ0n) is 11.5. The molecular weight excluding hydrogens is 332 g/mol. The Morgan fingerprint density at radius 1 is 0.905 bits per heavy atom. The van der Waals surface area contributed by atoms with Crippen LogP contribution in [0.3, 0.4) is 0 Å². The molecule has 0 radical (unpaired) electrons. The fourth-order valence-electron chi connectivity index (χ4n) is 1.83. The van der Waals surface area contributed by atoms with Gasteiger partial charge in [-0.2, -0.15) is 0 Å². The minimum Gasteiger partial charge on any atom is -0.326 e. The van der Waals surface area contributed by atoms with Gasteiger partial charge in [-0.15, -0.1) is 0 Å². The first-order chi connectivity index (χ1) is 10.0. The molecule has 5 heteroatoms. The molecule has 0 unspecified atom stereocenters. The number of benzene rings is 2. The fraction of sp³-hybridized carbons (Fsp3) is 0.125. The van der Waals surface area contributed by atoms with Crippen molar-refractivity contribution in [3.8, 4) is 0 Å². The van der Waals surface area contributed by atoms with Crippen LogP contribution in [0.1, 0.15) is 12.5 Å². The molecule has 0 aliphatic heterocycles. The second-order valence-corrected chi connectivity index (χ2v) is 5.53. The predicted octanol–water partition coefficient (Wildman–Crippen LogP) is 3.59. The van der Waals surface area contributed by atoms with Crippen molar-refractivity contribution in [1.82, 2.24) is 0 Å². The number of carbonyl (C=O) groups excluding carboxylic acids is 2. The summed E-state index contributed by atoms with van der Waals surface area (Å²) in [6.07, 6.45) is 0.320. The Balaban J connectivity index is 1.93. The standard InChI is InChI=1S/C16H15BrN2O2/c1-11(20)18-14-6-8-15(9-7-14)19-16(21)10-12-2-4-13(17)5-3-12/h2-9H,10H2,1H3,(H,18,20)(H,19,21). The molecule has 2 aromatic rings. The van der Waals surface area contributed by atoms with Crippen LogP contribution in [0.5, 0.6) is 0 Å². The molecule has 0 aliphatic rings. The number of anilines is 2. The Bertz CT molecular complexity index is 636. The van der Waals surface area contributed by atoms with Crippen molar-refractivity contribution in [2.24, 2.45) is 0 Å². The van der Waals surface area contributed by atoms with E-state index in [1.165, 1.54) is 6.92 Å². The normalized spacial score (nSPS) is 10.0. The third-order valence-corrected chi connectivity index (χ3v) is 3.30. The van der Waals surface area contributed by atoms with Crippen molar-refractivity contribution in [1.29, 1.82) is 0 Å². The van der Waals surface area contributed by atoms with E-state index in [1.807, 2.05) is 24.3 Å². The van der Waals surface area contributed by atoms with Crippen LogP contribution in [0.15, 0.2) is 53.0 Å². The second kappa shape index (κ2) is 7.04.